The molecule has 7 nitrogen and oxygen atoms in total. The highest BCUT2D eigenvalue weighted by molar-refractivity contribution is 5.84. The first-order valence-corrected chi connectivity index (χ1v) is 7.13. The maximum atomic E-state index is 4.48. The molecule has 0 saturated carbocycles. The van der Waals surface area contributed by atoms with Gasteiger partial charge in [-0.25, -0.2) is 14.6 Å². The first-order valence-electron chi connectivity index (χ1n) is 7.13. The highest BCUT2D eigenvalue weighted by Gasteiger charge is 2.16. The van der Waals surface area contributed by atoms with Crippen molar-refractivity contribution in [1.29, 1.82) is 0 Å². The third-order valence-corrected chi connectivity index (χ3v) is 3.78. The van der Waals surface area contributed by atoms with E-state index in [1.807, 2.05) is 42.2 Å². The lowest BCUT2D eigenvalue weighted by molar-refractivity contribution is 0.736. The van der Waals surface area contributed by atoms with Gasteiger partial charge in [-0.2, -0.15) is 0 Å². The molecule has 4 aromatic rings. The lowest BCUT2D eigenvalue weighted by Crippen LogP contribution is -2.03. The van der Waals surface area contributed by atoms with Crippen molar-refractivity contribution in [3.8, 4) is 17.3 Å². The van der Waals surface area contributed by atoms with Gasteiger partial charge in [-0.05, 0) is 19.1 Å². The van der Waals surface area contributed by atoms with Gasteiger partial charge >= 0.3 is 0 Å². The number of aromatic nitrogens is 7. The Bertz CT molecular complexity index is 944. The van der Waals surface area contributed by atoms with Crippen LogP contribution >= 0.6 is 0 Å². The van der Waals surface area contributed by atoms with Gasteiger partial charge in [0, 0.05) is 38.4 Å². The summed E-state index contributed by atoms with van der Waals surface area (Å²) < 4.78 is 5.84. The van der Waals surface area contributed by atoms with E-state index in [1.165, 1.54) is 0 Å². The zero-order chi connectivity index (χ0) is 15.1. The van der Waals surface area contributed by atoms with Crippen LogP contribution in [0.1, 0.15) is 6.92 Å². The molecule has 0 aliphatic carbocycles. The summed E-state index contributed by atoms with van der Waals surface area (Å²) in [4.78, 5) is 8.92. The van der Waals surface area contributed by atoms with E-state index in [0.717, 1.165) is 34.9 Å². The van der Waals surface area contributed by atoms with Gasteiger partial charge < -0.3 is 4.57 Å². The van der Waals surface area contributed by atoms with Crippen molar-refractivity contribution in [3.63, 3.8) is 0 Å². The molecule has 0 aliphatic heterocycles. The van der Waals surface area contributed by atoms with Crippen molar-refractivity contribution in [1.82, 2.24) is 34.1 Å². The first kappa shape index (κ1) is 12.8. The molecule has 0 N–H and O–H groups in total. The summed E-state index contributed by atoms with van der Waals surface area (Å²) in [5.41, 5.74) is 2.78. The van der Waals surface area contributed by atoms with Crippen molar-refractivity contribution in [2.24, 2.45) is 7.05 Å². The first-order chi connectivity index (χ1) is 10.8. The number of aryl methyl sites for hydroxylation is 2. The fraction of sp³-hybridized carbons (Fsp3) is 0.200. The fourth-order valence-electron chi connectivity index (χ4n) is 2.67. The zero-order valence-corrected chi connectivity index (χ0v) is 12.4. The van der Waals surface area contributed by atoms with Crippen molar-refractivity contribution >= 4 is 11.0 Å². The van der Waals surface area contributed by atoms with Gasteiger partial charge in [0.15, 0.2) is 11.6 Å². The molecule has 22 heavy (non-hydrogen) atoms. The topological polar surface area (TPSA) is 66.3 Å². The normalized spacial score (nSPS) is 11.4. The number of rotatable bonds is 3. The van der Waals surface area contributed by atoms with Crippen molar-refractivity contribution in [2.45, 2.75) is 13.5 Å². The van der Waals surface area contributed by atoms with E-state index in [4.69, 9.17) is 0 Å². The Labute approximate surface area is 126 Å². The van der Waals surface area contributed by atoms with Gasteiger partial charge in [0.1, 0.15) is 5.52 Å². The van der Waals surface area contributed by atoms with Gasteiger partial charge in [0.25, 0.3) is 0 Å². The van der Waals surface area contributed by atoms with Crippen LogP contribution in [0.4, 0.5) is 0 Å². The van der Waals surface area contributed by atoms with Crippen molar-refractivity contribution in [2.75, 3.05) is 0 Å². The predicted octanol–water partition coefficient (Wildman–Crippen LogP) is 2.04. The highest BCUT2D eigenvalue weighted by atomic mass is 15.4. The van der Waals surface area contributed by atoms with Crippen LogP contribution in [-0.4, -0.2) is 34.1 Å². The second-order valence-electron chi connectivity index (χ2n) is 5.02. The van der Waals surface area contributed by atoms with E-state index in [2.05, 4.69) is 31.8 Å². The van der Waals surface area contributed by atoms with E-state index in [1.54, 1.807) is 17.1 Å². The molecule has 0 bridgehead atoms. The SMILES string of the molecule is CCn1ccnc1-c1nccn1-c1cccc2c1nnn2C. The minimum absolute atomic E-state index is 0.796. The Morgan fingerprint density at radius 1 is 1.05 bits per heavy atom. The third kappa shape index (κ3) is 1.75. The quantitative estimate of drug-likeness (QED) is 0.580. The van der Waals surface area contributed by atoms with Crippen LogP contribution in [0, 0.1) is 0 Å². The smallest absolute Gasteiger partial charge is 0.181 e. The van der Waals surface area contributed by atoms with Crippen molar-refractivity contribution in [3.05, 3.63) is 43.0 Å². The Morgan fingerprint density at radius 3 is 2.73 bits per heavy atom. The molecule has 0 unspecified atom stereocenters. The Hall–Kier alpha value is -2.96. The number of fused-ring (bicyclic) bond motifs is 1. The van der Waals surface area contributed by atoms with Gasteiger partial charge in [0.2, 0.25) is 0 Å². The molecular weight excluding hydrogens is 278 g/mol. The molecule has 0 aliphatic rings. The zero-order valence-electron chi connectivity index (χ0n) is 12.4. The number of hydrogen-bond donors (Lipinski definition) is 0. The van der Waals surface area contributed by atoms with Gasteiger partial charge in [-0.15, -0.1) is 5.10 Å². The standard InChI is InChI=1S/C15H15N7/c1-3-21-9-7-16-14(21)15-17-8-10-22(15)12-6-4-5-11-13(12)18-19-20(11)2/h4-10H,3H2,1-2H3. The largest absolute Gasteiger partial charge is 0.329 e. The Kier molecular flexibility index (Phi) is 2.78. The van der Waals surface area contributed by atoms with Crippen LogP contribution < -0.4 is 0 Å². The van der Waals surface area contributed by atoms with Gasteiger partial charge in [0.05, 0.1) is 11.2 Å². The molecule has 0 radical (unpaired) electrons. The molecule has 0 atom stereocenters. The summed E-state index contributed by atoms with van der Waals surface area (Å²) in [5, 5.41) is 8.38. The van der Waals surface area contributed by atoms with Crippen LogP contribution in [0.25, 0.3) is 28.4 Å². The van der Waals surface area contributed by atoms with E-state index in [0.29, 0.717) is 0 Å². The van der Waals surface area contributed by atoms with Crippen LogP contribution in [0.3, 0.4) is 0 Å². The average molecular weight is 293 g/mol. The molecule has 0 saturated heterocycles. The minimum atomic E-state index is 0.796. The fourth-order valence-corrected chi connectivity index (χ4v) is 2.67. The second-order valence-corrected chi connectivity index (χ2v) is 5.02. The summed E-state index contributed by atoms with van der Waals surface area (Å²) in [6, 6.07) is 6.01. The van der Waals surface area contributed by atoms with Crippen molar-refractivity contribution < 1.29 is 0 Å². The molecule has 1 aromatic carbocycles. The Morgan fingerprint density at radius 2 is 1.86 bits per heavy atom. The third-order valence-electron chi connectivity index (χ3n) is 3.78. The van der Waals surface area contributed by atoms with E-state index < -0.39 is 0 Å². The molecule has 110 valence electrons. The van der Waals surface area contributed by atoms with E-state index in [-0.39, 0.29) is 0 Å². The lowest BCUT2D eigenvalue weighted by Gasteiger charge is -2.09. The molecule has 7 heteroatoms. The molecular formula is C15H15N7. The highest BCUT2D eigenvalue weighted by Crippen LogP contribution is 2.24. The number of benzene rings is 1. The average Bonchev–Trinajstić information content (AvgIpc) is 3.25. The molecule has 0 spiro atoms. The number of hydrogen-bond acceptors (Lipinski definition) is 4. The van der Waals surface area contributed by atoms with Crippen LogP contribution in [0.2, 0.25) is 0 Å². The van der Waals surface area contributed by atoms with Crippen LogP contribution in [0.15, 0.2) is 43.0 Å². The number of imidazole rings is 2. The maximum Gasteiger partial charge on any atom is 0.181 e. The summed E-state index contributed by atoms with van der Waals surface area (Å²) in [6.45, 7) is 2.93. The van der Waals surface area contributed by atoms with Crippen LogP contribution in [0.5, 0.6) is 0 Å². The molecule has 3 heterocycles. The number of nitrogens with zero attached hydrogens (tertiary/aromatic N) is 7. The summed E-state index contributed by atoms with van der Waals surface area (Å²) in [6.07, 6.45) is 7.45. The van der Waals surface area contributed by atoms with E-state index in [9.17, 15) is 0 Å². The summed E-state index contributed by atoms with van der Waals surface area (Å²) >= 11 is 0. The lowest BCUT2D eigenvalue weighted by atomic mass is 10.2. The molecule has 4 rings (SSSR count). The minimum Gasteiger partial charge on any atom is -0.329 e. The second kappa shape index (κ2) is 4.80. The maximum absolute atomic E-state index is 4.48. The predicted molar refractivity (Wildman–Crippen MR) is 82.5 cm³/mol. The molecule has 3 aromatic heterocycles. The summed E-state index contributed by atoms with van der Waals surface area (Å²) in [5.74, 6) is 1.64. The monoisotopic (exact) mass is 293 g/mol. The van der Waals surface area contributed by atoms with E-state index >= 15 is 0 Å². The van der Waals surface area contributed by atoms with Crippen LogP contribution in [-0.2, 0) is 13.6 Å². The summed E-state index contributed by atoms with van der Waals surface area (Å²) in [7, 11) is 1.89. The molecule has 0 amide bonds. The van der Waals surface area contributed by atoms with Gasteiger partial charge in [-0.3, -0.25) is 4.57 Å². The van der Waals surface area contributed by atoms with Gasteiger partial charge in [-0.1, -0.05) is 11.3 Å². The Balaban J connectivity index is 1.96. The molecule has 0 fully saturated rings.